The van der Waals surface area contributed by atoms with Crippen LogP contribution in [0.1, 0.15) is 28.8 Å². The number of nitrogens with zero attached hydrogens (tertiary/aromatic N) is 3. The van der Waals surface area contributed by atoms with Crippen molar-refractivity contribution in [3.63, 3.8) is 0 Å². The maximum absolute atomic E-state index is 13.0. The van der Waals surface area contributed by atoms with Gasteiger partial charge >= 0.3 is 0 Å². The minimum atomic E-state index is -0.0807. The van der Waals surface area contributed by atoms with Gasteiger partial charge in [-0.15, -0.1) is 0 Å². The second kappa shape index (κ2) is 6.41. The van der Waals surface area contributed by atoms with E-state index in [0.29, 0.717) is 30.2 Å². The number of aromatic nitrogens is 2. The Labute approximate surface area is 162 Å². The fourth-order valence-electron chi connectivity index (χ4n) is 4.22. The molecular formula is C22H21N3O3. The highest BCUT2D eigenvalue weighted by Crippen LogP contribution is 2.32. The monoisotopic (exact) mass is 375 g/mol. The maximum Gasteiger partial charge on any atom is 0.289 e. The Bertz CT molecular complexity index is 1190. The molecule has 1 amide bonds. The number of para-hydroxylation sites is 3. The second-order valence-electron chi connectivity index (χ2n) is 7.20. The predicted octanol–water partition coefficient (Wildman–Crippen LogP) is 4.19. The number of amides is 1. The number of rotatable bonds is 3. The lowest BCUT2D eigenvalue weighted by Gasteiger charge is -2.17. The van der Waals surface area contributed by atoms with Crippen LogP contribution in [0.2, 0.25) is 0 Å². The van der Waals surface area contributed by atoms with E-state index in [-0.39, 0.29) is 11.9 Å². The standard InChI is InChI=1S/C22H21N3O3/c1-14-23-17-7-3-4-8-18(17)25(14)16-10-11-24(13-16)22(26)20-12-15-6-5-9-19(27-2)21(15)28-20/h3-9,12,16H,10-11,13H2,1-2H3/t16-/m0/s1. The van der Waals surface area contributed by atoms with E-state index >= 15 is 0 Å². The number of methoxy groups -OCH3 is 1. The first-order chi connectivity index (χ1) is 13.7. The van der Waals surface area contributed by atoms with Crippen LogP contribution < -0.4 is 4.74 Å². The lowest BCUT2D eigenvalue weighted by atomic mass is 10.2. The highest BCUT2D eigenvalue weighted by atomic mass is 16.5. The number of likely N-dealkylation sites (tertiary alicyclic amines) is 1. The van der Waals surface area contributed by atoms with Gasteiger partial charge in [0, 0.05) is 18.5 Å². The molecule has 0 saturated carbocycles. The molecule has 5 rings (SSSR count). The summed E-state index contributed by atoms with van der Waals surface area (Å²) in [5, 5.41) is 0.870. The third-order valence-corrected chi connectivity index (χ3v) is 5.53. The van der Waals surface area contributed by atoms with Crippen LogP contribution >= 0.6 is 0 Å². The van der Waals surface area contributed by atoms with Gasteiger partial charge in [-0.1, -0.05) is 24.3 Å². The summed E-state index contributed by atoms with van der Waals surface area (Å²) in [4.78, 5) is 19.6. The van der Waals surface area contributed by atoms with E-state index in [1.807, 2.05) is 48.2 Å². The Hall–Kier alpha value is -3.28. The summed E-state index contributed by atoms with van der Waals surface area (Å²) < 4.78 is 13.4. The average molecular weight is 375 g/mol. The van der Waals surface area contributed by atoms with Crippen LogP contribution in [0.4, 0.5) is 0 Å². The van der Waals surface area contributed by atoms with Crippen molar-refractivity contribution in [2.24, 2.45) is 0 Å². The molecule has 2 aromatic carbocycles. The Morgan fingerprint density at radius 3 is 2.93 bits per heavy atom. The summed E-state index contributed by atoms with van der Waals surface area (Å²) in [6, 6.07) is 15.8. The largest absolute Gasteiger partial charge is 0.493 e. The highest BCUT2D eigenvalue weighted by Gasteiger charge is 2.31. The van der Waals surface area contributed by atoms with Gasteiger partial charge in [-0.25, -0.2) is 4.98 Å². The molecule has 28 heavy (non-hydrogen) atoms. The minimum absolute atomic E-state index is 0.0807. The molecule has 6 nitrogen and oxygen atoms in total. The van der Waals surface area contributed by atoms with Crippen molar-refractivity contribution in [2.75, 3.05) is 20.2 Å². The van der Waals surface area contributed by atoms with Gasteiger partial charge in [0.2, 0.25) is 0 Å². The number of carbonyl (C=O) groups excluding carboxylic acids is 1. The van der Waals surface area contributed by atoms with E-state index in [4.69, 9.17) is 9.15 Å². The van der Waals surface area contributed by atoms with Crippen LogP contribution in [0.25, 0.3) is 22.0 Å². The maximum atomic E-state index is 13.0. The molecule has 1 saturated heterocycles. The normalized spacial score (nSPS) is 16.9. The van der Waals surface area contributed by atoms with E-state index in [1.54, 1.807) is 13.2 Å². The molecule has 0 unspecified atom stereocenters. The number of hydrogen-bond acceptors (Lipinski definition) is 4. The molecule has 1 aliphatic heterocycles. The Kier molecular flexibility index (Phi) is 3.86. The second-order valence-corrected chi connectivity index (χ2v) is 7.20. The van der Waals surface area contributed by atoms with Gasteiger partial charge in [-0.3, -0.25) is 4.79 Å². The number of furan rings is 1. The lowest BCUT2D eigenvalue weighted by Crippen LogP contribution is -2.28. The van der Waals surface area contributed by atoms with Gasteiger partial charge in [-0.05, 0) is 37.6 Å². The Morgan fingerprint density at radius 2 is 2.07 bits per heavy atom. The first-order valence-electron chi connectivity index (χ1n) is 9.45. The van der Waals surface area contributed by atoms with Crippen molar-refractivity contribution in [1.82, 2.24) is 14.5 Å². The average Bonchev–Trinajstić information content (AvgIpc) is 3.42. The van der Waals surface area contributed by atoms with E-state index in [0.717, 1.165) is 28.7 Å². The first-order valence-corrected chi connectivity index (χ1v) is 9.45. The topological polar surface area (TPSA) is 60.5 Å². The Morgan fingerprint density at radius 1 is 1.21 bits per heavy atom. The summed E-state index contributed by atoms with van der Waals surface area (Å²) in [6.45, 7) is 3.37. The fourth-order valence-corrected chi connectivity index (χ4v) is 4.22. The Balaban J connectivity index is 1.43. The van der Waals surface area contributed by atoms with Gasteiger partial charge in [-0.2, -0.15) is 0 Å². The molecule has 0 N–H and O–H groups in total. The van der Waals surface area contributed by atoms with Crippen LogP contribution in [0.5, 0.6) is 5.75 Å². The van der Waals surface area contributed by atoms with Gasteiger partial charge < -0.3 is 18.6 Å². The zero-order valence-electron chi connectivity index (χ0n) is 15.9. The van der Waals surface area contributed by atoms with Crippen molar-refractivity contribution in [2.45, 2.75) is 19.4 Å². The molecule has 0 aliphatic carbocycles. The molecule has 1 fully saturated rings. The molecule has 3 heterocycles. The number of imidazole rings is 1. The van der Waals surface area contributed by atoms with Crippen LogP contribution in [0.15, 0.2) is 52.9 Å². The molecular weight excluding hydrogens is 354 g/mol. The third kappa shape index (κ3) is 2.56. The van der Waals surface area contributed by atoms with Gasteiger partial charge in [0.25, 0.3) is 5.91 Å². The molecule has 1 atom stereocenters. The van der Waals surface area contributed by atoms with Crippen LogP contribution in [0, 0.1) is 6.92 Å². The van der Waals surface area contributed by atoms with E-state index in [1.165, 1.54) is 0 Å². The summed E-state index contributed by atoms with van der Waals surface area (Å²) in [5.41, 5.74) is 2.72. The molecule has 0 bridgehead atoms. The highest BCUT2D eigenvalue weighted by molar-refractivity contribution is 5.97. The number of ether oxygens (including phenoxy) is 1. The summed E-state index contributed by atoms with van der Waals surface area (Å²) >= 11 is 0. The zero-order valence-corrected chi connectivity index (χ0v) is 15.9. The van der Waals surface area contributed by atoms with Crippen molar-refractivity contribution in [3.8, 4) is 5.75 Å². The molecule has 1 aliphatic rings. The molecule has 0 radical (unpaired) electrons. The van der Waals surface area contributed by atoms with Crippen LogP contribution in [-0.2, 0) is 0 Å². The first kappa shape index (κ1) is 16.9. The van der Waals surface area contributed by atoms with E-state index in [2.05, 4.69) is 15.6 Å². The number of carbonyl (C=O) groups is 1. The van der Waals surface area contributed by atoms with E-state index < -0.39 is 0 Å². The molecule has 4 aromatic rings. The van der Waals surface area contributed by atoms with E-state index in [9.17, 15) is 4.79 Å². The lowest BCUT2D eigenvalue weighted by molar-refractivity contribution is 0.0758. The fraction of sp³-hybridized carbons (Fsp3) is 0.273. The van der Waals surface area contributed by atoms with Crippen molar-refractivity contribution < 1.29 is 13.9 Å². The van der Waals surface area contributed by atoms with Crippen LogP contribution in [0.3, 0.4) is 0 Å². The molecule has 6 heteroatoms. The zero-order chi connectivity index (χ0) is 19.3. The number of hydrogen-bond donors (Lipinski definition) is 0. The van der Waals surface area contributed by atoms with Crippen LogP contribution in [-0.4, -0.2) is 40.6 Å². The smallest absolute Gasteiger partial charge is 0.289 e. The number of aryl methyl sites for hydroxylation is 1. The molecule has 0 spiro atoms. The number of fused-ring (bicyclic) bond motifs is 2. The SMILES string of the molecule is COc1cccc2cc(C(=O)N3CC[C@H](n4c(C)nc5ccccc54)C3)oc12. The molecule has 142 valence electrons. The van der Waals surface area contributed by atoms with Crippen molar-refractivity contribution >= 4 is 27.9 Å². The van der Waals surface area contributed by atoms with Gasteiger partial charge in [0.05, 0.1) is 24.2 Å². The quantitative estimate of drug-likeness (QED) is 0.539. The van der Waals surface area contributed by atoms with Gasteiger partial charge in [0.1, 0.15) is 5.82 Å². The van der Waals surface area contributed by atoms with Crippen molar-refractivity contribution in [1.29, 1.82) is 0 Å². The predicted molar refractivity (Wildman–Crippen MR) is 107 cm³/mol. The number of benzene rings is 2. The van der Waals surface area contributed by atoms with Crippen molar-refractivity contribution in [3.05, 3.63) is 60.1 Å². The summed E-state index contributed by atoms with van der Waals surface area (Å²) in [6.07, 6.45) is 0.899. The van der Waals surface area contributed by atoms with Gasteiger partial charge in [0.15, 0.2) is 17.1 Å². The minimum Gasteiger partial charge on any atom is -0.493 e. The summed E-state index contributed by atoms with van der Waals surface area (Å²) in [7, 11) is 1.60. The third-order valence-electron chi connectivity index (χ3n) is 5.53. The molecule has 2 aromatic heterocycles. The summed E-state index contributed by atoms with van der Waals surface area (Å²) in [5.74, 6) is 1.89.